The second-order valence-electron chi connectivity index (χ2n) is 15.7. The maximum Gasteiger partial charge on any atom is 0.159 e. The predicted molar refractivity (Wildman–Crippen MR) is 240 cm³/mol. The zero-order valence-electron chi connectivity index (χ0n) is 31.9. The van der Waals surface area contributed by atoms with Gasteiger partial charge in [-0.2, -0.15) is 0 Å². The topological polar surface area (TPSA) is 16.4 Å². The lowest BCUT2D eigenvalue weighted by Crippen LogP contribution is -2.16. The third kappa shape index (κ3) is 5.33. The highest BCUT2D eigenvalue weighted by molar-refractivity contribution is 6.21. The van der Waals surface area contributed by atoms with Crippen molar-refractivity contribution in [1.82, 2.24) is 0 Å². The van der Waals surface area contributed by atoms with Gasteiger partial charge in [0, 0.05) is 32.9 Å². The van der Waals surface area contributed by atoms with E-state index in [1.807, 2.05) is 0 Å². The highest BCUT2D eigenvalue weighted by atomic mass is 16.3. The Kier molecular flexibility index (Phi) is 7.55. The van der Waals surface area contributed by atoms with Crippen molar-refractivity contribution in [3.05, 3.63) is 211 Å². The van der Waals surface area contributed by atoms with Gasteiger partial charge in [-0.25, -0.2) is 0 Å². The highest BCUT2D eigenvalue weighted by Gasteiger charge is 2.36. The van der Waals surface area contributed by atoms with Crippen LogP contribution >= 0.6 is 0 Å². The molecule has 0 amide bonds. The molecule has 11 rings (SSSR count). The lowest BCUT2D eigenvalue weighted by atomic mass is 9.82. The molecule has 9 aromatic carbocycles. The second-order valence-corrected chi connectivity index (χ2v) is 15.7. The summed E-state index contributed by atoms with van der Waals surface area (Å²) in [6.07, 6.45) is 0. The van der Waals surface area contributed by atoms with E-state index in [4.69, 9.17) is 4.42 Å². The zero-order valence-corrected chi connectivity index (χ0v) is 31.9. The first-order valence-corrected chi connectivity index (χ1v) is 19.8. The van der Waals surface area contributed by atoms with Gasteiger partial charge in [0.25, 0.3) is 0 Å². The molecule has 0 aliphatic heterocycles. The van der Waals surface area contributed by atoms with E-state index >= 15 is 0 Å². The summed E-state index contributed by atoms with van der Waals surface area (Å²) in [7, 11) is 0. The molecule has 270 valence electrons. The average molecular weight is 730 g/mol. The first-order chi connectivity index (χ1) is 28.0. The van der Waals surface area contributed by atoms with Gasteiger partial charge in [-0.05, 0) is 103 Å². The van der Waals surface area contributed by atoms with Crippen LogP contribution < -0.4 is 4.90 Å². The summed E-state index contributed by atoms with van der Waals surface area (Å²) in [4.78, 5) is 2.41. The minimum Gasteiger partial charge on any atom is -0.453 e. The van der Waals surface area contributed by atoms with Crippen LogP contribution in [0.25, 0.3) is 77.2 Å². The number of furan rings is 1. The van der Waals surface area contributed by atoms with Crippen molar-refractivity contribution >= 4 is 49.8 Å². The zero-order chi connectivity index (χ0) is 38.1. The van der Waals surface area contributed by atoms with E-state index in [1.54, 1.807) is 0 Å². The molecule has 1 aromatic heterocycles. The van der Waals surface area contributed by atoms with Crippen LogP contribution in [0.2, 0.25) is 0 Å². The maximum atomic E-state index is 7.24. The first-order valence-electron chi connectivity index (χ1n) is 19.8. The minimum atomic E-state index is -0.155. The van der Waals surface area contributed by atoms with Gasteiger partial charge in [-0.15, -0.1) is 0 Å². The Balaban J connectivity index is 1.22. The molecule has 2 nitrogen and oxygen atoms in total. The Morgan fingerprint density at radius 1 is 0.351 bits per heavy atom. The van der Waals surface area contributed by atoms with Gasteiger partial charge < -0.3 is 9.32 Å². The summed E-state index contributed by atoms with van der Waals surface area (Å²) < 4.78 is 7.24. The number of hydrogen-bond donors (Lipinski definition) is 0. The summed E-state index contributed by atoms with van der Waals surface area (Å²) in [5.41, 5.74) is 17.1. The van der Waals surface area contributed by atoms with Crippen molar-refractivity contribution in [2.45, 2.75) is 19.3 Å². The van der Waals surface area contributed by atoms with Crippen LogP contribution in [0.3, 0.4) is 0 Å². The van der Waals surface area contributed by atoms with E-state index in [-0.39, 0.29) is 5.41 Å². The molecule has 2 heteroatoms. The van der Waals surface area contributed by atoms with E-state index in [0.717, 1.165) is 55.5 Å². The van der Waals surface area contributed by atoms with Gasteiger partial charge in [0.2, 0.25) is 0 Å². The summed E-state index contributed by atoms with van der Waals surface area (Å²) in [5.74, 6) is 0. The normalized spacial score (nSPS) is 12.9. The standard InChI is InChI=1S/C55H39NO/c1-55(2)50-25-15-14-23-44(50)45-31-30-42(34-51(45)55)56(41-28-26-38(27-29-41)36-16-6-3-7-17-36)52-33-40(37-18-8-4-9-19-37)32-48-49-35-47(39-20-10-5-11-21-39)43-22-12-13-24-46(43)53(49)57-54(48)52/h3-35H,1-2H3. The number of benzene rings is 9. The number of hydrogen-bond acceptors (Lipinski definition) is 2. The van der Waals surface area contributed by atoms with Crippen molar-refractivity contribution in [2.24, 2.45) is 0 Å². The number of nitrogens with zero attached hydrogens (tertiary/aromatic N) is 1. The quantitative estimate of drug-likeness (QED) is 0.169. The Labute approximate surface area is 332 Å². The SMILES string of the molecule is CC1(C)c2ccccc2-c2ccc(N(c3ccc(-c4ccccc4)cc3)c3cc(-c4ccccc4)cc4c3oc3c5ccccc5c(-c5ccccc5)cc43)cc21. The monoisotopic (exact) mass is 729 g/mol. The van der Waals surface area contributed by atoms with Gasteiger partial charge in [0.05, 0.1) is 5.69 Å². The molecule has 0 spiro atoms. The molecule has 0 saturated carbocycles. The fourth-order valence-electron chi connectivity index (χ4n) is 9.19. The minimum absolute atomic E-state index is 0.155. The summed E-state index contributed by atoms with van der Waals surface area (Å²) in [5, 5.41) is 4.47. The average Bonchev–Trinajstić information content (AvgIpc) is 3.76. The van der Waals surface area contributed by atoms with Crippen LogP contribution in [0.1, 0.15) is 25.0 Å². The molecule has 57 heavy (non-hydrogen) atoms. The molecule has 10 aromatic rings. The van der Waals surface area contributed by atoms with E-state index in [9.17, 15) is 0 Å². The predicted octanol–water partition coefficient (Wildman–Crippen LogP) is 15.5. The number of fused-ring (bicyclic) bond motifs is 8. The summed E-state index contributed by atoms with van der Waals surface area (Å²) in [6, 6.07) is 72.5. The third-order valence-electron chi connectivity index (χ3n) is 12.0. The van der Waals surface area contributed by atoms with Crippen LogP contribution in [0.4, 0.5) is 17.1 Å². The van der Waals surface area contributed by atoms with Crippen LogP contribution in [-0.2, 0) is 5.41 Å². The number of anilines is 3. The molecule has 0 saturated heterocycles. The van der Waals surface area contributed by atoms with Crippen LogP contribution in [0.15, 0.2) is 205 Å². The van der Waals surface area contributed by atoms with Gasteiger partial charge in [0.15, 0.2) is 5.58 Å². The van der Waals surface area contributed by atoms with E-state index in [1.165, 1.54) is 49.9 Å². The molecule has 1 aliphatic carbocycles. The fourth-order valence-corrected chi connectivity index (χ4v) is 9.19. The number of rotatable bonds is 6. The largest absolute Gasteiger partial charge is 0.453 e. The van der Waals surface area contributed by atoms with Gasteiger partial charge in [0.1, 0.15) is 5.58 Å². The lowest BCUT2D eigenvalue weighted by molar-refractivity contribution is 0.660. The highest BCUT2D eigenvalue weighted by Crippen LogP contribution is 2.52. The smallest absolute Gasteiger partial charge is 0.159 e. The Hall–Kier alpha value is -7.16. The molecule has 0 radical (unpaired) electrons. The van der Waals surface area contributed by atoms with Crippen LogP contribution in [0, 0.1) is 0 Å². The second kappa shape index (κ2) is 13.0. The lowest BCUT2D eigenvalue weighted by Gasteiger charge is -2.28. The van der Waals surface area contributed by atoms with E-state index < -0.39 is 0 Å². The van der Waals surface area contributed by atoms with Crippen molar-refractivity contribution in [3.8, 4) is 44.5 Å². The van der Waals surface area contributed by atoms with Crippen molar-refractivity contribution < 1.29 is 4.42 Å². The van der Waals surface area contributed by atoms with Gasteiger partial charge in [-0.1, -0.05) is 172 Å². The van der Waals surface area contributed by atoms with E-state index in [0.29, 0.717) is 0 Å². The van der Waals surface area contributed by atoms with E-state index in [2.05, 4.69) is 219 Å². The van der Waals surface area contributed by atoms with Crippen LogP contribution in [-0.4, -0.2) is 0 Å². The molecule has 0 N–H and O–H groups in total. The molecule has 0 atom stereocenters. The van der Waals surface area contributed by atoms with Gasteiger partial charge in [-0.3, -0.25) is 0 Å². The molecule has 1 aliphatic rings. The van der Waals surface area contributed by atoms with Crippen LogP contribution in [0.5, 0.6) is 0 Å². The van der Waals surface area contributed by atoms with Crippen molar-refractivity contribution in [1.29, 1.82) is 0 Å². The maximum absolute atomic E-state index is 7.24. The van der Waals surface area contributed by atoms with Crippen molar-refractivity contribution in [2.75, 3.05) is 4.90 Å². The summed E-state index contributed by atoms with van der Waals surface area (Å²) >= 11 is 0. The molecule has 1 heterocycles. The fraction of sp³-hybridized carbons (Fsp3) is 0.0545. The molecular formula is C55H39NO. The molecule has 0 unspecified atom stereocenters. The first kappa shape index (κ1) is 33.2. The van der Waals surface area contributed by atoms with Crippen molar-refractivity contribution in [3.63, 3.8) is 0 Å². The molecule has 0 fully saturated rings. The third-order valence-corrected chi connectivity index (χ3v) is 12.0. The Morgan fingerprint density at radius 2 is 0.895 bits per heavy atom. The molecular weight excluding hydrogens is 691 g/mol. The van der Waals surface area contributed by atoms with Gasteiger partial charge >= 0.3 is 0 Å². The Morgan fingerprint density at radius 3 is 1.61 bits per heavy atom. The molecule has 0 bridgehead atoms. The Bertz CT molecular complexity index is 3120. The summed E-state index contributed by atoms with van der Waals surface area (Å²) in [6.45, 7) is 4.70.